The van der Waals surface area contributed by atoms with Crippen molar-refractivity contribution in [2.45, 2.75) is 51.9 Å². The molecule has 0 aromatic carbocycles. The molecule has 0 aliphatic heterocycles. The highest BCUT2D eigenvalue weighted by atomic mass is 32.2. The van der Waals surface area contributed by atoms with E-state index in [1.54, 1.807) is 10.8 Å². The van der Waals surface area contributed by atoms with Crippen molar-refractivity contribution in [2.75, 3.05) is 5.75 Å². The molecule has 3 aromatic rings. The van der Waals surface area contributed by atoms with Crippen LogP contribution < -0.4 is 4.72 Å². The van der Waals surface area contributed by atoms with E-state index < -0.39 is 15.9 Å². The fourth-order valence-corrected chi connectivity index (χ4v) is 5.00. The molecule has 32 heavy (non-hydrogen) atoms. The molecule has 1 aliphatic carbocycles. The molecular formula is C23H29N5O3S. The lowest BCUT2D eigenvalue weighted by Gasteiger charge is -2.08. The first kappa shape index (κ1) is 22.3. The molecule has 1 aliphatic rings. The SMILES string of the molecule is CCCCCS(=O)(=O)NC(=O)/C=C/c1c(C)nn(C)c1-n1ccc2cc(C3CC3)cnc21. The first-order valence-electron chi connectivity index (χ1n) is 11.0. The van der Waals surface area contributed by atoms with E-state index in [0.29, 0.717) is 12.3 Å². The van der Waals surface area contributed by atoms with Crippen molar-refractivity contribution in [2.24, 2.45) is 7.05 Å². The maximum Gasteiger partial charge on any atom is 0.257 e. The molecule has 1 saturated carbocycles. The van der Waals surface area contributed by atoms with Crippen molar-refractivity contribution in [1.82, 2.24) is 24.1 Å². The number of hydrogen-bond acceptors (Lipinski definition) is 5. The lowest BCUT2D eigenvalue weighted by atomic mass is 10.1. The predicted octanol–water partition coefficient (Wildman–Crippen LogP) is 3.59. The molecule has 8 nitrogen and oxygen atoms in total. The highest BCUT2D eigenvalue weighted by Crippen LogP contribution is 2.40. The molecular weight excluding hydrogens is 426 g/mol. The summed E-state index contributed by atoms with van der Waals surface area (Å²) >= 11 is 0. The second kappa shape index (κ2) is 8.90. The Hall–Kier alpha value is -2.94. The largest absolute Gasteiger partial charge is 0.285 e. The van der Waals surface area contributed by atoms with Crippen molar-refractivity contribution in [3.05, 3.63) is 47.4 Å². The van der Waals surface area contributed by atoms with Crippen LogP contribution in [0.1, 0.15) is 61.8 Å². The van der Waals surface area contributed by atoms with Gasteiger partial charge in [-0.3, -0.25) is 14.0 Å². The van der Waals surface area contributed by atoms with Crippen molar-refractivity contribution >= 4 is 33.0 Å². The molecule has 1 N–H and O–H groups in total. The topological polar surface area (TPSA) is 98.9 Å². The Kier molecular flexibility index (Phi) is 6.19. The van der Waals surface area contributed by atoms with Gasteiger partial charge in [-0.2, -0.15) is 5.10 Å². The molecule has 3 heterocycles. The van der Waals surface area contributed by atoms with Gasteiger partial charge in [0.1, 0.15) is 11.5 Å². The highest BCUT2D eigenvalue weighted by Gasteiger charge is 2.24. The summed E-state index contributed by atoms with van der Waals surface area (Å²) in [7, 11) is -1.80. The number of carbonyl (C=O) groups is 1. The number of pyridine rings is 1. The maximum absolute atomic E-state index is 12.3. The summed E-state index contributed by atoms with van der Waals surface area (Å²) in [5, 5.41) is 5.55. The quantitative estimate of drug-likeness (QED) is 0.393. The predicted molar refractivity (Wildman–Crippen MR) is 125 cm³/mol. The number of amides is 1. The number of rotatable bonds is 9. The minimum absolute atomic E-state index is 0.0541. The highest BCUT2D eigenvalue weighted by molar-refractivity contribution is 7.90. The smallest absolute Gasteiger partial charge is 0.257 e. The number of aryl methyl sites for hydroxylation is 2. The van der Waals surface area contributed by atoms with E-state index in [1.165, 1.54) is 24.5 Å². The van der Waals surface area contributed by atoms with Crippen molar-refractivity contribution in [1.29, 1.82) is 0 Å². The third kappa shape index (κ3) is 4.77. The van der Waals surface area contributed by atoms with Crippen molar-refractivity contribution in [3.8, 4) is 5.82 Å². The van der Waals surface area contributed by atoms with Crippen LogP contribution in [0.25, 0.3) is 22.9 Å². The number of sulfonamides is 1. The van der Waals surface area contributed by atoms with Gasteiger partial charge in [0.15, 0.2) is 0 Å². The van der Waals surface area contributed by atoms with Crippen LogP contribution in [-0.4, -0.2) is 39.4 Å². The Bertz CT molecular complexity index is 1280. The van der Waals surface area contributed by atoms with Crippen LogP contribution >= 0.6 is 0 Å². The number of fused-ring (bicyclic) bond motifs is 1. The van der Waals surface area contributed by atoms with Gasteiger partial charge in [0.25, 0.3) is 5.91 Å². The first-order valence-corrected chi connectivity index (χ1v) is 12.7. The summed E-state index contributed by atoms with van der Waals surface area (Å²) in [6.45, 7) is 3.85. The number of unbranched alkanes of at least 4 members (excludes halogenated alkanes) is 2. The number of nitrogens with zero attached hydrogens (tertiary/aromatic N) is 4. The molecule has 3 aromatic heterocycles. The molecule has 0 radical (unpaired) electrons. The molecule has 1 fully saturated rings. The van der Waals surface area contributed by atoms with E-state index in [0.717, 1.165) is 41.0 Å². The zero-order valence-electron chi connectivity index (χ0n) is 18.7. The van der Waals surface area contributed by atoms with Gasteiger partial charge in [0.05, 0.1) is 11.4 Å². The van der Waals surface area contributed by atoms with E-state index in [-0.39, 0.29) is 5.75 Å². The Morgan fingerprint density at radius 1 is 1.31 bits per heavy atom. The third-order valence-electron chi connectivity index (χ3n) is 5.74. The normalized spacial score (nSPS) is 14.5. The van der Waals surface area contributed by atoms with Gasteiger partial charge in [-0.1, -0.05) is 19.8 Å². The maximum atomic E-state index is 12.3. The third-order valence-corrected chi connectivity index (χ3v) is 7.07. The van der Waals surface area contributed by atoms with Crippen LogP contribution in [0.15, 0.2) is 30.6 Å². The Morgan fingerprint density at radius 3 is 2.81 bits per heavy atom. The molecule has 170 valence electrons. The van der Waals surface area contributed by atoms with E-state index in [4.69, 9.17) is 0 Å². The minimum atomic E-state index is -3.64. The van der Waals surface area contributed by atoms with Crippen LogP contribution in [0, 0.1) is 6.92 Å². The van der Waals surface area contributed by atoms with Crippen LogP contribution in [0.5, 0.6) is 0 Å². The molecule has 0 bridgehead atoms. The van der Waals surface area contributed by atoms with Crippen LogP contribution in [-0.2, 0) is 21.9 Å². The fourth-order valence-electron chi connectivity index (χ4n) is 3.93. The molecule has 9 heteroatoms. The van der Waals surface area contributed by atoms with Crippen LogP contribution in [0.2, 0.25) is 0 Å². The average molecular weight is 456 g/mol. The van der Waals surface area contributed by atoms with Crippen LogP contribution in [0.3, 0.4) is 0 Å². The average Bonchev–Trinajstić information content (AvgIpc) is 3.44. The van der Waals surface area contributed by atoms with Gasteiger partial charge in [-0.15, -0.1) is 0 Å². The van der Waals surface area contributed by atoms with E-state index in [9.17, 15) is 13.2 Å². The summed E-state index contributed by atoms with van der Waals surface area (Å²) in [6.07, 6.45) is 11.4. The summed E-state index contributed by atoms with van der Waals surface area (Å²) in [4.78, 5) is 17.0. The second-order valence-electron chi connectivity index (χ2n) is 8.41. The molecule has 0 atom stereocenters. The van der Waals surface area contributed by atoms with E-state index in [2.05, 4.69) is 20.9 Å². The monoisotopic (exact) mass is 455 g/mol. The lowest BCUT2D eigenvalue weighted by Crippen LogP contribution is -2.31. The Balaban J connectivity index is 1.59. The number of hydrogen-bond donors (Lipinski definition) is 1. The van der Waals surface area contributed by atoms with Gasteiger partial charge in [0.2, 0.25) is 10.0 Å². The van der Waals surface area contributed by atoms with Gasteiger partial charge >= 0.3 is 0 Å². The second-order valence-corrected chi connectivity index (χ2v) is 10.3. The summed E-state index contributed by atoms with van der Waals surface area (Å²) in [6, 6.07) is 4.21. The Labute approximate surface area is 188 Å². The van der Waals surface area contributed by atoms with Crippen molar-refractivity contribution in [3.63, 3.8) is 0 Å². The molecule has 0 saturated heterocycles. The molecule has 0 unspecified atom stereocenters. The number of carbonyl (C=O) groups excluding carboxylic acids is 1. The lowest BCUT2D eigenvalue weighted by molar-refractivity contribution is -0.114. The number of nitrogens with one attached hydrogen (secondary N) is 1. The van der Waals surface area contributed by atoms with Crippen LogP contribution in [0.4, 0.5) is 0 Å². The number of aromatic nitrogens is 4. The van der Waals surface area contributed by atoms with Gasteiger partial charge in [0, 0.05) is 36.5 Å². The standard InChI is InChI=1S/C23H29N5O3S/c1-4-5-6-13-32(30,31)26-21(29)10-9-20-16(2)25-27(3)23(20)28-12-11-18-14-19(17-7-8-17)15-24-22(18)28/h9-12,14-15,17H,4-8,13H2,1-3H3,(H,26,29)/b10-9+. The van der Waals surface area contributed by atoms with E-state index >= 15 is 0 Å². The van der Waals surface area contributed by atoms with Gasteiger partial charge in [-0.05, 0) is 55.9 Å². The summed E-state index contributed by atoms with van der Waals surface area (Å²) in [5.74, 6) is 0.672. The van der Waals surface area contributed by atoms with Crippen molar-refractivity contribution < 1.29 is 13.2 Å². The zero-order valence-corrected chi connectivity index (χ0v) is 19.5. The first-order chi connectivity index (χ1) is 15.3. The van der Waals surface area contributed by atoms with Gasteiger partial charge in [-0.25, -0.2) is 18.1 Å². The van der Waals surface area contributed by atoms with E-state index in [1.807, 2.05) is 43.9 Å². The molecule has 1 amide bonds. The Morgan fingerprint density at radius 2 is 2.09 bits per heavy atom. The summed E-state index contributed by atoms with van der Waals surface area (Å²) in [5.41, 5.74) is 3.55. The molecule has 4 rings (SSSR count). The summed E-state index contributed by atoms with van der Waals surface area (Å²) < 4.78 is 30.0. The fraction of sp³-hybridized carbons (Fsp3) is 0.435. The minimum Gasteiger partial charge on any atom is -0.285 e. The zero-order chi connectivity index (χ0) is 22.9. The molecule has 0 spiro atoms. The van der Waals surface area contributed by atoms with Gasteiger partial charge < -0.3 is 0 Å².